The van der Waals surface area contributed by atoms with Crippen LogP contribution in [0.2, 0.25) is 0 Å². The lowest BCUT2D eigenvalue weighted by molar-refractivity contribution is -0.138. The van der Waals surface area contributed by atoms with E-state index < -0.39 is 11.2 Å². The molecule has 7 heteroatoms. The Labute approximate surface area is 146 Å². The average Bonchev–Trinajstić information content (AvgIpc) is 2.64. The number of rotatable bonds is 3. The summed E-state index contributed by atoms with van der Waals surface area (Å²) in [4.78, 5) is 39.5. The smallest absolute Gasteiger partial charge is 0.331 e. The Balaban J connectivity index is 1.89. The number of hydrogen-bond acceptors (Lipinski definition) is 4. The molecule has 25 heavy (non-hydrogen) atoms. The van der Waals surface area contributed by atoms with Crippen LogP contribution in [0.25, 0.3) is 0 Å². The van der Waals surface area contributed by atoms with Crippen molar-refractivity contribution in [1.82, 2.24) is 14.0 Å². The predicted octanol–water partition coefficient (Wildman–Crippen LogP) is 1.08. The van der Waals surface area contributed by atoms with Crippen molar-refractivity contribution in [2.24, 2.45) is 5.92 Å². The van der Waals surface area contributed by atoms with Gasteiger partial charge in [0.05, 0.1) is 0 Å². The van der Waals surface area contributed by atoms with Gasteiger partial charge in [-0.15, -0.1) is 0 Å². The molecular formula is C18H24N4O3. The quantitative estimate of drug-likeness (QED) is 0.821. The van der Waals surface area contributed by atoms with E-state index in [2.05, 4.69) is 0 Å². The standard InChI is InChI=1S/C18H24N4O3/c1-2-20-11-14(10-19)17(24)22(18(20)25)12-16(23)21-9-5-7-13-6-3-4-8-15(13)21/h11,13,15H,2-9,12H2,1H3/t13-,15-/m0/s1. The molecule has 2 heterocycles. The number of nitriles is 1. The molecule has 1 aliphatic carbocycles. The molecular weight excluding hydrogens is 320 g/mol. The molecule has 0 aromatic carbocycles. The Morgan fingerprint density at radius 1 is 1.24 bits per heavy atom. The number of carbonyl (C=O) groups excluding carboxylic acids is 1. The fourth-order valence-corrected chi connectivity index (χ4v) is 4.26. The fraction of sp³-hybridized carbons (Fsp3) is 0.667. The van der Waals surface area contributed by atoms with Gasteiger partial charge in [-0.3, -0.25) is 14.2 Å². The minimum atomic E-state index is -0.678. The highest BCUT2D eigenvalue weighted by Crippen LogP contribution is 2.35. The van der Waals surface area contributed by atoms with Gasteiger partial charge in [0.1, 0.15) is 18.2 Å². The molecule has 1 saturated heterocycles. The van der Waals surface area contributed by atoms with Gasteiger partial charge in [0, 0.05) is 25.3 Å². The zero-order valence-electron chi connectivity index (χ0n) is 14.6. The maximum absolute atomic E-state index is 12.9. The van der Waals surface area contributed by atoms with Gasteiger partial charge in [-0.2, -0.15) is 5.26 Å². The Bertz CT molecular complexity index is 815. The normalized spacial score (nSPS) is 23.0. The van der Waals surface area contributed by atoms with Crippen molar-refractivity contribution in [2.45, 2.75) is 64.6 Å². The van der Waals surface area contributed by atoms with E-state index in [-0.39, 0.29) is 24.1 Å². The zero-order valence-corrected chi connectivity index (χ0v) is 14.6. The molecule has 0 bridgehead atoms. The van der Waals surface area contributed by atoms with E-state index in [1.54, 1.807) is 6.92 Å². The lowest BCUT2D eigenvalue weighted by atomic mass is 9.78. The monoisotopic (exact) mass is 344 g/mol. The molecule has 7 nitrogen and oxygen atoms in total. The van der Waals surface area contributed by atoms with Gasteiger partial charge in [0.2, 0.25) is 5.91 Å². The maximum Gasteiger partial charge on any atom is 0.331 e. The lowest BCUT2D eigenvalue weighted by Gasteiger charge is -2.44. The first-order chi connectivity index (χ1) is 12.1. The van der Waals surface area contributed by atoms with Crippen LogP contribution in [0.15, 0.2) is 15.8 Å². The van der Waals surface area contributed by atoms with Crippen molar-refractivity contribution in [2.75, 3.05) is 6.54 Å². The zero-order chi connectivity index (χ0) is 18.0. The summed E-state index contributed by atoms with van der Waals surface area (Å²) in [6, 6.07) is 2.05. The topological polar surface area (TPSA) is 88.1 Å². The van der Waals surface area contributed by atoms with Crippen LogP contribution in [-0.4, -0.2) is 32.5 Å². The van der Waals surface area contributed by atoms with Gasteiger partial charge in [-0.05, 0) is 38.5 Å². The fourth-order valence-electron chi connectivity index (χ4n) is 4.26. The van der Waals surface area contributed by atoms with Crippen LogP contribution in [-0.2, 0) is 17.9 Å². The van der Waals surface area contributed by atoms with Crippen molar-refractivity contribution < 1.29 is 4.79 Å². The van der Waals surface area contributed by atoms with Crippen LogP contribution in [0.5, 0.6) is 0 Å². The van der Waals surface area contributed by atoms with E-state index in [4.69, 9.17) is 5.26 Å². The molecule has 1 aliphatic heterocycles. The molecule has 2 aliphatic rings. The summed E-state index contributed by atoms with van der Waals surface area (Å²) in [5.41, 5.74) is -1.32. The predicted molar refractivity (Wildman–Crippen MR) is 92.0 cm³/mol. The van der Waals surface area contributed by atoms with Crippen molar-refractivity contribution in [3.05, 3.63) is 32.6 Å². The van der Waals surface area contributed by atoms with Crippen molar-refractivity contribution in [1.29, 1.82) is 5.26 Å². The van der Waals surface area contributed by atoms with Crippen molar-refractivity contribution in [3.63, 3.8) is 0 Å². The molecule has 2 atom stereocenters. The number of aryl methyl sites for hydroxylation is 1. The number of nitrogens with zero attached hydrogens (tertiary/aromatic N) is 4. The van der Waals surface area contributed by atoms with E-state index >= 15 is 0 Å². The summed E-state index contributed by atoms with van der Waals surface area (Å²) in [5, 5.41) is 9.12. The molecule has 0 spiro atoms. The Morgan fingerprint density at radius 3 is 2.68 bits per heavy atom. The van der Waals surface area contributed by atoms with Gasteiger partial charge in [-0.25, -0.2) is 9.36 Å². The Kier molecular flexibility index (Phi) is 5.07. The first kappa shape index (κ1) is 17.5. The second kappa shape index (κ2) is 7.26. The average molecular weight is 344 g/mol. The number of amides is 1. The minimum absolute atomic E-state index is 0.108. The van der Waals surface area contributed by atoms with Crippen LogP contribution >= 0.6 is 0 Å². The minimum Gasteiger partial charge on any atom is -0.338 e. The molecule has 1 aromatic rings. The Morgan fingerprint density at radius 2 is 1.96 bits per heavy atom. The summed E-state index contributed by atoms with van der Waals surface area (Å²) in [6.45, 7) is 2.51. The third-order valence-electron chi connectivity index (χ3n) is 5.56. The number of fused-ring (bicyclic) bond motifs is 1. The number of carbonyl (C=O) groups is 1. The van der Waals surface area contributed by atoms with Gasteiger partial charge >= 0.3 is 5.69 Å². The van der Waals surface area contributed by atoms with Crippen LogP contribution in [0.1, 0.15) is 51.0 Å². The van der Waals surface area contributed by atoms with Gasteiger partial charge < -0.3 is 4.90 Å². The SMILES string of the molecule is CCn1cc(C#N)c(=O)n(CC(=O)N2CCC[C@@H]3CCCC[C@@H]32)c1=O. The van der Waals surface area contributed by atoms with Crippen LogP contribution in [0.4, 0.5) is 0 Å². The molecule has 0 N–H and O–H groups in total. The molecule has 1 aromatic heterocycles. The highest BCUT2D eigenvalue weighted by molar-refractivity contribution is 5.76. The first-order valence-corrected chi connectivity index (χ1v) is 9.10. The van der Waals surface area contributed by atoms with Crippen molar-refractivity contribution in [3.8, 4) is 6.07 Å². The van der Waals surface area contributed by atoms with E-state index in [0.29, 0.717) is 19.0 Å². The lowest BCUT2D eigenvalue weighted by Crippen LogP contribution is -2.52. The summed E-state index contributed by atoms with van der Waals surface area (Å²) >= 11 is 0. The van der Waals surface area contributed by atoms with E-state index in [1.165, 1.54) is 17.2 Å². The molecule has 2 fully saturated rings. The van der Waals surface area contributed by atoms with Gasteiger partial charge in [0.15, 0.2) is 0 Å². The molecule has 1 amide bonds. The summed E-state index contributed by atoms with van der Waals surface area (Å²) < 4.78 is 2.21. The third-order valence-corrected chi connectivity index (χ3v) is 5.56. The van der Waals surface area contributed by atoms with Gasteiger partial charge in [-0.1, -0.05) is 12.8 Å². The number of likely N-dealkylation sites (tertiary alicyclic amines) is 1. The van der Waals surface area contributed by atoms with E-state index in [9.17, 15) is 14.4 Å². The van der Waals surface area contributed by atoms with Crippen LogP contribution in [0.3, 0.4) is 0 Å². The highest BCUT2D eigenvalue weighted by atomic mass is 16.2. The highest BCUT2D eigenvalue weighted by Gasteiger charge is 2.35. The summed E-state index contributed by atoms with van der Waals surface area (Å²) in [6.07, 6.45) is 7.89. The largest absolute Gasteiger partial charge is 0.338 e. The van der Waals surface area contributed by atoms with Crippen LogP contribution < -0.4 is 11.2 Å². The first-order valence-electron chi connectivity index (χ1n) is 9.10. The van der Waals surface area contributed by atoms with Gasteiger partial charge in [0.25, 0.3) is 5.56 Å². The molecule has 0 radical (unpaired) electrons. The summed E-state index contributed by atoms with van der Waals surface area (Å²) in [5.74, 6) is 0.356. The molecule has 1 saturated carbocycles. The number of aromatic nitrogens is 2. The molecule has 3 rings (SSSR count). The number of hydrogen-bond donors (Lipinski definition) is 0. The maximum atomic E-state index is 12.9. The molecule has 0 unspecified atom stereocenters. The molecule has 134 valence electrons. The third kappa shape index (κ3) is 3.26. The van der Waals surface area contributed by atoms with Crippen LogP contribution in [0, 0.1) is 17.2 Å². The Hall–Kier alpha value is -2.36. The number of piperidine rings is 1. The van der Waals surface area contributed by atoms with E-state index in [1.807, 2.05) is 11.0 Å². The summed E-state index contributed by atoms with van der Waals surface area (Å²) in [7, 11) is 0. The van der Waals surface area contributed by atoms with Crippen molar-refractivity contribution >= 4 is 5.91 Å². The van der Waals surface area contributed by atoms with E-state index in [0.717, 1.165) is 36.7 Å². The second-order valence-electron chi connectivity index (χ2n) is 6.96. The second-order valence-corrected chi connectivity index (χ2v) is 6.96.